The third-order valence-electron chi connectivity index (χ3n) is 2.96. The van der Waals surface area contributed by atoms with E-state index in [-0.39, 0.29) is 5.91 Å². The van der Waals surface area contributed by atoms with E-state index in [1.54, 1.807) is 18.2 Å². The summed E-state index contributed by atoms with van der Waals surface area (Å²) >= 11 is 5.80. The van der Waals surface area contributed by atoms with Crippen LogP contribution in [0.2, 0.25) is 5.02 Å². The highest BCUT2D eigenvalue weighted by Gasteiger charge is 1.97. The van der Waals surface area contributed by atoms with Crippen LogP contribution < -0.4 is 10.1 Å². The van der Waals surface area contributed by atoms with Crippen molar-refractivity contribution < 1.29 is 9.53 Å². The molecule has 2 rings (SSSR count). The molecule has 1 N–H and O–H groups in total. The van der Waals surface area contributed by atoms with Gasteiger partial charge < -0.3 is 10.1 Å². The van der Waals surface area contributed by atoms with Crippen LogP contribution in [0.15, 0.2) is 54.6 Å². The third-order valence-corrected chi connectivity index (χ3v) is 3.21. The molecule has 0 unspecified atom stereocenters. The lowest BCUT2D eigenvalue weighted by Crippen LogP contribution is -2.26. The van der Waals surface area contributed by atoms with E-state index in [1.165, 1.54) is 6.08 Å². The average molecular weight is 316 g/mol. The Labute approximate surface area is 135 Å². The van der Waals surface area contributed by atoms with Crippen molar-refractivity contribution in [1.29, 1.82) is 0 Å². The summed E-state index contributed by atoms with van der Waals surface area (Å²) in [5.41, 5.74) is 2.07. The molecule has 0 saturated carbocycles. The average Bonchev–Trinajstić information content (AvgIpc) is 2.51. The minimum absolute atomic E-state index is 0.150. The molecule has 0 saturated heterocycles. The molecular weight excluding hydrogens is 298 g/mol. The Balaban J connectivity index is 1.70. The second-order valence-corrected chi connectivity index (χ2v) is 5.28. The highest BCUT2D eigenvalue weighted by molar-refractivity contribution is 6.30. The van der Waals surface area contributed by atoms with Crippen LogP contribution >= 0.6 is 11.6 Å². The largest absolute Gasteiger partial charge is 0.492 e. The fourth-order valence-electron chi connectivity index (χ4n) is 1.85. The number of rotatable bonds is 6. The maximum atomic E-state index is 11.7. The maximum Gasteiger partial charge on any atom is 0.244 e. The third kappa shape index (κ3) is 5.62. The van der Waals surface area contributed by atoms with Crippen LogP contribution in [-0.4, -0.2) is 19.1 Å². The van der Waals surface area contributed by atoms with Crippen molar-refractivity contribution >= 4 is 23.6 Å². The van der Waals surface area contributed by atoms with E-state index in [0.717, 1.165) is 16.9 Å². The van der Waals surface area contributed by atoms with Gasteiger partial charge in [0.05, 0.1) is 6.54 Å². The first-order chi connectivity index (χ1) is 10.6. The monoisotopic (exact) mass is 315 g/mol. The number of carbonyl (C=O) groups excluding carboxylic acids is 1. The van der Waals surface area contributed by atoms with Crippen LogP contribution in [0.5, 0.6) is 5.75 Å². The van der Waals surface area contributed by atoms with Gasteiger partial charge in [0.2, 0.25) is 5.91 Å². The molecule has 0 aliphatic heterocycles. The van der Waals surface area contributed by atoms with Crippen molar-refractivity contribution in [2.45, 2.75) is 6.92 Å². The van der Waals surface area contributed by atoms with Crippen molar-refractivity contribution in [3.63, 3.8) is 0 Å². The first-order valence-electron chi connectivity index (χ1n) is 7.04. The van der Waals surface area contributed by atoms with Gasteiger partial charge in [-0.25, -0.2) is 0 Å². The fourth-order valence-corrected chi connectivity index (χ4v) is 1.98. The van der Waals surface area contributed by atoms with E-state index < -0.39 is 0 Å². The molecular formula is C18H18ClNO2. The number of nitrogens with one attached hydrogen (secondary N) is 1. The highest BCUT2D eigenvalue weighted by atomic mass is 35.5. The van der Waals surface area contributed by atoms with E-state index in [0.29, 0.717) is 18.2 Å². The quantitative estimate of drug-likeness (QED) is 0.649. The van der Waals surface area contributed by atoms with Gasteiger partial charge in [-0.3, -0.25) is 4.79 Å². The molecule has 0 atom stereocenters. The second-order valence-electron chi connectivity index (χ2n) is 4.84. The predicted molar refractivity (Wildman–Crippen MR) is 90.2 cm³/mol. The number of aryl methyl sites for hydroxylation is 1. The Morgan fingerprint density at radius 2 is 2.00 bits per heavy atom. The van der Waals surface area contributed by atoms with Gasteiger partial charge in [-0.1, -0.05) is 35.9 Å². The lowest BCUT2D eigenvalue weighted by molar-refractivity contribution is -0.116. The minimum atomic E-state index is -0.150. The van der Waals surface area contributed by atoms with E-state index in [1.807, 2.05) is 43.3 Å². The van der Waals surface area contributed by atoms with Crippen LogP contribution in [0, 0.1) is 6.92 Å². The van der Waals surface area contributed by atoms with Crippen LogP contribution in [0.4, 0.5) is 0 Å². The van der Waals surface area contributed by atoms with Gasteiger partial charge in [-0.05, 0) is 48.4 Å². The van der Waals surface area contributed by atoms with E-state index in [9.17, 15) is 4.79 Å². The molecule has 0 heterocycles. The van der Waals surface area contributed by atoms with Crippen LogP contribution in [-0.2, 0) is 4.79 Å². The Bertz CT molecular complexity index is 650. The SMILES string of the molecule is Cc1cccc(OCCNC(=O)/C=C/c2ccc(Cl)cc2)c1. The van der Waals surface area contributed by atoms with Crippen molar-refractivity contribution in [2.24, 2.45) is 0 Å². The van der Waals surface area contributed by atoms with Gasteiger partial charge in [-0.15, -0.1) is 0 Å². The molecule has 3 nitrogen and oxygen atoms in total. The summed E-state index contributed by atoms with van der Waals surface area (Å²) in [6.07, 6.45) is 3.24. The van der Waals surface area contributed by atoms with Crippen LogP contribution in [0.1, 0.15) is 11.1 Å². The molecule has 4 heteroatoms. The summed E-state index contributed by atoms with van der Waals surface area (Å²) in [4.78, 5) is 11.7. The molecule has 0 radical (unpaired) electrons. The van der Waals surface area contributed by atoms with E-state index >= 15 is 0 Å². The van der Waals surface area contributed by atoms with Crippen molar-refractivity contribution in [3.8, 4) is 5.75 Å². The van der Waals surface area contributed by atoms with Crippen LogP contribution in [0.25, 0.3) is 6.08 Å². The van der Waals surface area contributed by atoms with Crippen molar-refractivity contribution in [2.75, 3.05) is 13.2 Å². The standard InChI is InChI=1S/C18H18ClNO2/c1-14-3-2-4-17(13-14)22-12-11-20-18(21)10-7-15-5-8-16(19)9-6-15/h2-10,13H,11-12H2,1H3,(H,20,21)/b10-7+. The molecule has 0 aromatic heterocycles. The smallest absolute Gasteiger partial charge is 0.244 e. The highest BCUT2D eigenvalue weighted by Crippen LogP contribution is 2.12. The summed E-state index contributed by atoms with van der Waals surface area (Å²) in [5, 5.41) is 3.45. The number of carbonyl (C=O) groups is 1. The Morgan fingerprint density at radius 3 is 2.73 bits per heavy atom. The summed E-state index contributed by atoms with van der Waals surface area (Å²) in [5.74, 6) is 0.661. The van der Waals surface area contributed by atoms with Gasteiger partial charge in [0, 0.05) is 11.1 Å². The van der Waals surface area contributed by atoms with Crippen molar-refractivity contribution in [3.05, 3.63) is 70.8 Å². The molecule has 2 aromatic rings. The van der Waals surface area contributed by atoms with E-state index in [4.69, 9.17) is 16.3 Å². The Morgan fingerprint density at radius 1 is 1.23 bits per heavy atom. The molecule has 0 fully saturated rings. The summed E-state index contributed by atoms with van der Waals surface area (Å²) < 4.78 is 5.56. The molecule has 0 aliphatic rings. The number of ether oxygens (including phenoxy) is 1. The van der Waals surface area contributed by atoms with Gasteiger partial charge in [0.1, 0.15) is 12.4 Å². The lowest BCUT2D eigenvalue weighted by atomic mass is 10.2. The number of amides is 1. The number of halogens is 1. The molecule has 2 aromatic carbocycles. The van der Waals surface area contributed by atoms with Crippen LogP contribution in [0.3, 0.4) is 0 Å². The zero-order valence-corrected chi connectivity index (χ0v) is 13.1. The summed E-state index contributed by atoms with van der Waals surface area (Å²) in [7, 11) is 0. The molecule has 22 heavy (non-hydrogen) atoms. The van der Waals surface area contributed by atoms with Gasteiger partial charge in [0.25, 0.3) is 0 Å². The normalized spacial score (nSPS) is 10.6. The summed E-state index contributed by atoms with van der Waals surface area (Å²) in [6.45, 7) is 2.90. The second kappa shape index (κ2) is 8.25. The van der Waals surface area contributed by atoms with Gasteiger partial charge in [-0.2, -0.15) is 0 Å². The topological polar surface area (TPSA) is 38.3 Å². The molecule has 0 aliphatic carbocycles. The first-order valence-corrected chi connectivity index (χ1v) is 7.42. The molecule has 0 spiro atoms. The van der Waals surface area contributed by atoms with Gasteiger partial charge >= 0.3 is 0 Å². The number of hydrogen-bond acceptors (Lipinski definition) is 2. The van der Waals surface area contributed by atoms with Crippen molar-refractivity contribution in [1.82, 2.24) is 5.32 Å². The molecule has 1 amide bonds. The Kier molecular flexibility index (Phi) is 6.04. The first kappa shape index (κ1) is 16.1. The molecule has 114 valence electrons. The minimum Gasteiger partial charge on any atom is -0.492 e. The maximum absolute atomic E-state index is 11.7. The summed E-state index contributed by atoms with van der Waals surface area (Å²) in [6, 6.07) is 15.1. The van der Waals surface area contributed by atoms with Gasteiger partial charge in [0.15, 0.2) is 0 Å². The predicted octanol–water partition coefficient (Wildman–Crippen LogP) is 3.86. The van der Waals surface area contributed by atoms with E-state index in [2.05, 4.69) is 5.32 Å². The Hall–Kier alpha value is -2.26. The molecule has 0 bridgehead atoms. The lowest BCUT2D eigenvalue weighted by Gasteiger charge is -2.07. The zero-order valence-electron chi connectivity index (χ0n) is 12.4. The zero-order chi connectivity index (χ0) is 15.8. The number of hydrogen-bond donors (Lipinski definition) is 1. The number of benzene rings is 2. The fraction of sp³-hybridized carbons (Fsp3) is 0.167.